The molecule has 110 valence electrons. The van der Waals surface area contributed by atoms with Crippen LogP contribution in [-0.2, 0) is 14.3 Å². The van der Waals surface area contributed by atoms with E-state index in [2.05, 4.69) is 0 Å². The SMILES string of the molecule is CCOC(=O)/C=C(\OCC)c1c(OC)cccc1OC. The molecule has 0 N–H and O–H groups in total. The van der Waals surface area contributed by atoms with Crippen LogP contribution in [0.5, 0.6) is 11.5 Å². The number of hydrogen-bond donors (Lipinski definition) is 0. The van der Waals surface area contributed by atoms with E-state index in [0.29, 0.717) is 36.0 Å². The summed E-state index contributed by atoms with van der Waals surface area (Å²) >= 11 is 0. The van der Waals surface area contributed by atoms with Gasteiger partial charge < -0.3 is 18.9 Å². The molecule has 1 rings (SSSR count). The third-order valence-electron chi connectivity index (χ3n) is 2.51. The Labute approximate surface area is 119 Å². The normalized spacial score (nSPS) is 10.9. The molecule has 0 aliphatic carbocycles. The molecule has 0 saturated carbocycles. The predicted molar refractivity (Wildman–Crippen MR) is 75.8 cm³/mol. The summed E-state index contributed by atoms with van der Waals surface area (Å²) in [4.78, 5) is 11.6. The van der Waals surface area contributed by atoms with Gasteiger partial charge in [-0.3, -0.25) is 0 Å². The smallest absolute Gasteiger partial charge is 0.334 e. The van der Waals surface area contributed by atoms with Crippen molar-refractivity contribution in [1.29, 1.82) is 0 Å². The van der Waals surface area contributed by atoms with E-state index in [9.17, 15) is 4.79 Å². The lowest BCUT2D eigenvalue weighted by Crippen LogP contribution is -2.05. The van der Waals surface area contributed by atoms with Gasteiger partial charge in [0.15, 0.2) is 0 Å². The van der Waals surface area contributed by atoms with E-state index in [-0.39, 0.29) is 0 Å². The Kier molecular flexibility index (Phi) is 6.43. The van der Waals surface area contributed by atoms with Crippen molar-refractivity contribution >= 4 is 11.7 Å². The first-order chi connectivity index (χ1) is 9.67. The summed E-state index contributed by atoms with van der Waals surface area (Å²) in [6.07, 6.45) is 1.30. The molecular formula is C15H20O5. The van der Waals surface area contributed by atoms with Crippen LogP contribution in [0.15, 0.2) is 24.3 Å². The van der Waals surface area contributed by atoms with E-state index < -0.39 is 5.97 Å². The van der Waals surface area contributed by atoms with Gasteiger partial charge in [-0.1, -0.05) is 6.07 Å². The molecule has 0 aliphatic heterocycles. The lowest BCUT2D eigenvalue weighted by Gasteiger charge is -2.16. The summed E-state index contributed by atoms with van der Waals surface area (Å²) in [7, 11) is 3.10. The van der Waals surface area contributed by atoms with Gasteiger partial charge >= 0.3 is 5.97 Å². The number of carbonyl (C=O) groups excluding carboxylic acids is 1. The van der Waals surface area contributed by atoms with Crippen molar-refractivity contribution in [2.24, 2.45) is 0 Å². The average Bonchev–Trinajstić information content (AvgIpc) is 2.46. The van der Waals surface area contributed by atoms with E-state index >= 15 is 0 Å². The molecule has 0 spiro atoms. The summed E-state index contributed by atoms with van der Waals surface area (Å²) in [5.74, 6) is 1.02. The Morgan fingerprint density at radius 2 is 1.60 bits per heavy atom. The summed E-state index contributed by atoms with van der Waals surface area (Å²) in [6, 6.07) is 5.35. The van der Waals surface area contributed by atoms with E-state index in [1.807, 2.05) is 6.92 Å². The first kappa shape index (κ1) is 15.9. The number of ether oxygens (including phenoxy) is 4. The summed E-state index contributed by atoms with van der Waals surface area (Å²) in [6.45, 7) is 4.29. The highest BCUT2D eigenvalue weighted by Crippen LogP contribution is 2.35. The van der Waals surface area contributed by atoms with Crippen molar-refractivity contribution in [3.63, 3.8) is 0 Å². The average molecular weight is 280 g/mol. The number of esters is 1. The maximum Gasteiger partial charge on any atom is 0.334 e. The second-order valence-electron chi connectivity index (χ2n) is 3.73. The van der Waals surface area contributed by atoms with Crippen molar-refractivity contribution in [1.82, 2.24) is 0 Å². The molecule has 1 aromatic rings. The third-order valence-corrected chi connectivity index (χ3v) is 2.51. The molecule has 0 atom stereocenters. The first-order valence-corrected chi connectivity index (χ1v) is 6.40. The van der Waals surface area contributed by atoms with Crippen LogP contribution < -0.4 is 9.47 Å². The maximum atomic E-state index is 11.6. The van der Waals surface area contributed by atoms with Crippen molar-refractivity contribution in [2.75, 3.05) is 27.4 Å². The lowest BCUT2D eigenvalue weighted by atomic mass is 10.1. The summed E-state index contributed by atoms with van der Waals surface area (Å²) in [5.41, 5.74) is 0.590. The fraction of sp³-hybridized carbons (Fsp3) is 0.400. The van der Waals surface area contributed by atoms with E-state index in [1.165, 1.54) is 6.08 Å². The molecule has 0 saturated heterocycles. The summed E-state index contributed by atoms with van der Waals surface area (Å²) < 4.78 is 21.0. The molecular weight excluding hydrogens is 260 g/mol. The fourth-order valence-electron chi connectivity index (χ4n) is 1.73. The molecule has 20 heavy (non-hydrogen) atoms. The Morgan fingerprint density at radius 1 is 1.05 bits per heavy atom. The Morgan fingerprint density at radius 3 is 2.05 bits per heavy atom. The Bertz CT molecular complexity index is 457. The van der Waals surface area contributed by atoms with E-state index in [0.717, 1.165) is 0 Å². The van der Waals surface area contributed by atoms with Gasteiger partial charge in [0.05, 0.1) is 33.5 Å². The van der Waals surface area contributed by atoms with Crippen molar-refractivity contribution < 1.29 is 23.7 Å². The van der Waals surface area contributed by atoms with Crippen LogP contribution >= 0.6 is 0 Å². The monoisotopic (exact) mass is 280 g/mol. The minimum absolute atomic E-state index is 0.303. The quantitative estimate of drug-likeness (QED) is 0.436. The molecule has 0 unspecified atom stereocenters. The molecule has 0 amide bonds. The molecule has 0 bridgehead atoms. The van der Waals surface area contributed by atoms with Crippen LogP contribution in [0.3, 0.4) is 0 Å². The zero-order valence-corrected chi connectivity index (χ0v) is 12.3. The van der Waals surface area contributed by atoms with E-state index in [1.54, 1.807) is 39.3 Å². The van der Waals surface area contributed by atoms with Crippen LogP contribution in [-0.4, -0.2) is 33.4 Å². The number of rotatable bonds is 7. The zero-order valence-electron chi connectivity index (χ0n) is 12.3. The Hall–Kier alpha value is -2.17. The van der Waals surface area contributed by atoms with Crippen LogP contribution in [0.1, 0.15) is 19.4 Å². The van der Waals surface area contributed by atoms with Gasteiger partial charge in [-0.15, -0.1) is 0 Å². The van der Waals surface area contributed by atoms with Gasteiger partial charge in [-0.25, -0.2) is 4.79 Å². The molecule has 0 aliphatic rings. The number of methoxy groups -OCH3 is 2. The number of benzene rings is 1. The zero-order chi connectivity index (χ0) is 15.0. The highest BCUT2D eigenvalue weighted by molar-refractivity contribution is 5.91. The third kappa shape index (κ3) is 3.91. The molecule has 0 heterocycles. The van der Waals surface area contributed by atoms with Gasteiger partial charge in [-0.05, 0) is 26.0 Å². The van der Waals surface area contributed by atoms with Crippen molar-refractivity contribution in [3.05, 3.63) is 29.8 Å². The maximum absolute atomic E-state index is 11.6. The van der Waals surface area contributed by atoms with Gasteiger partial charge in [0.25, 0.3) is 0 Å². The highest BCUT2D eigenvalue weighted by Gasteiger charge is 2.17. The second-order valence-corrected chi connectivity index (χ2v) is 3.73. The van der Waals surface area contributed by atoms with E-state index in [4.69, 9.17) is 18.9 Å². The number of carbonyl (C=O) groups is 1. The predicted octanol–water partition coefficient (Wildman–Crippen LogP) is 2.64. The van der Waals surface area contributed by atoms with Gasteiger partial charge in [0, 0.05) is 0 Å². The topological polar surface area (TPSA) is 54.0 Å². The molecule has 0 radical (unpaired) electrons. The summed E-state index contributed by atoms with van der Waals surface area (Å²) in [5, 5.41) is 0. The van der Waals surface area contributed by atoms with Crippen LogP contribution in [0.25, 0.3) is 5.76 Å². The van der Waals surface area contributed by atoms with Crippen molar-refractivity contribution in [3.8, 4) is 11.5 Å². The molecule has 0 aromatic heterocycles. The van der Waals surface area contributed by atoms with Gasteiger partial charge in [-0.2, -0.15) is 0 Å². The second kappa shape index (κ2) is 8.09. The molecule has 0 fully saturated rings. The fourth-order valence-corrected chi connectivity index (χ4v) is 1.73. The molecule has 5 nitrogen and oxygen atoms in total. The standard InChI is InChI=1S/C15H20O5/c1-5-19-13(10-14(16)20-6-2)15-11(17-3)8-7-9-12(15)18-4/h7-10H,5-6H2,1-4H3/b13-10-. The number of hydrogen-bond acceptors (Lipinski definition) is 5. The first-order valence-electron chi connectivity index (χ1n) is 6.40. The van der Waals surface area contributed by atoms with Crippen molar-refractivity contribution in [2.45, 2.75) is 13.8 Å². The molecule has 1 aromatic carbocycles. The molecule has 5 heteroatoms. The van der Waals surface area contributed by atoms with Crippen LogP contribution in [0.2, 0.25) is 0 Å². The highest BCUT2D eigenvalue weighted by atomic mass is 16.5. The van der Waals surface area contributed by atoms with Crippen LogP contribution in [0.4, 0.5) is 0 Å². The van der Waals surface area contributed by atoms with Crippen LogP contribution in [0, 0.1) is 0 Å². The largest absolute Gasteiger partial charge is 0.496 e. The van der Waals surface area contributed by atoms with Gasteiger partial charge in [0.1, 0.15) is 22.8 Å². The van der Waals surface area contributed by atoms with Gasteiger partial charge in [0.2, 0.25) is 0 Å². The minimum Gasteiger partial charge on any atom is -0.496 e. The lowest BCUT2D eigenvalue weighted by molar-refractivity contribution is -0.137. The Balaban J connectivity index is 3.30. The minimum atomic E-state index is -0.469.